The first-order chi connectivity index (χ1) is 8.74. The number of nitrogens with zero attached hydrogens (tertiary/aromatic N) is 2. The molecule has 5 heteroatoms. The van der Waals surface area contributed by atoms with Gasteiger partial charge in [-0.05, 0) is 46.3 Å². The van der Waals surface area contributed by atoms with Crippen LogP contribution in [0.3, 0.4) is 0 Å². The zero-order valence-corrected chi connectivity index (χ0v) is 11.1. The van der Waals surface area contributed by atoms with E-state index in [-0.39, 0.29) is 5.88 Å². The third-order valence-corrected chi connectivity index (χ3v) is 2.86. The van der Waals surface area contributed by atoms with E-state index in [2.05, 4.69) is 20.9 Å². The molecule has 0 aliphatic carbocycles. The lowest BCUT2D eigenvalue weighted by Gasteiger charge is -2.08. The second-order valence-electron chi connectivity index (χ2n) is 3.37. The molecule has 18 heavy (non-hydrogen) atoms. The maximum Gasteiger partial charge on any atom is 0.237 e. The Morgan fingerprint density at radius 2 is 2.17 bits per heavy atom. The monoisotopic (exact) mass is 304 g/mol. The van der Waals surface area contributed by atoms with Crippen LogP contribution in [0.2, 0.25) is 0 Å². The lowest BCUT2D eigenvalue weighted by Crippen LogP contribution is -1.92. The van der Waals surface area contributed by atoms with Crippen LogP contribution in [0.1, 0.15) is 5.56 Å². The second-order valence-corrected chi connectivity index (χ2v) is 4.22. The maximum atomic E-state index is 8.95. The van der Waals surface area contributed by atoms with E-state index in [0.717, 1.165) is 10.2 Å². The summed E-state index contributed by atoms with van der Waals surface area (Å²) >= 11 is 3.38. The fraction of sp³-hybridized carbons (Fsp3) is 0.0769. The van der Waals surface area contributed by atoms with Gasteiger partial charge in [0.1, 0.15) is 23.1 Å². The number of methoxy groups -OCH3 is 1. The van der Waals surface area contributed by atoms with Crippen molar-refractivity contribution in [1.82, 2.24) is 4.98 Å². The molecule has 0 saturated carbocycles. The molecular formula is C13H9BrN2O2. The van der Waals surface area contributed by atoms with Crippen LogP contribution in [0.4, 0.5) is 0 Å². The van der Waals surface area contributed by atoms with Crippen LogP contribution in [-0.4, -0.2) is 12.1 Å². The Morgan fingerprint density at radius 1 is 1.33 bits per heavy atom. The third kappa shape index (κ3) is 2.60. The predicted molar refractivity (Wildman–Crippen MR) is 69.7 cm³/mol. The Hall–Kier alpha value is -2.06. The van der Waals surface area contributed by atoms with Crippen molar-refractivity contribution in [2.24, 2.45) is 0 Å². The van der Waals surface area contributed by atoms with Crippen molar-refractivity contribution < 1.29 is 9.47 Å². The summed E-state index contributed by atoms with van der Waals surface area (Å²) in [7, 11) is 1.59. The van der Waals surface area contributed by atoms with Crippen molar-refractivity contribution in [1.29, 1.82) is 5.26 Å². The first-order valence-corrected chi connectivity index (χ1v) is 5.90. The van der Waals surface area contributed by atoms with Gasteiger partial charge in [0.15, 0.2) is 0 Å². The highest BCUT2D eigenvalue weighted by Gasteiger charge is 2.08. The number of hydrogen-bond donors (Lipinski definition) is 0. The molecule has 2 aromatic rings. The van der Waals surface area contributed by atoms with Crippen molar-refractivity contribution in [3.05, 3.63) is 46.6 Å². The Bertz CT molecular complexity index is 608. The number of hydrogen-bond acceptors (Lipinski definition) is 4. The van der Waals surface area contributed by atoms with Gasteiger partial charge in [-0.3, -0.25) is 0 Å². The van der Waals surface area contributed by atoms with Gasteiger partial charge < -0.3 is 9.47 Å². The van der Waals surface area contributed by atoms with Crippen LogP contribution in [0.25, 0.3) is 0 Å². The average Bonchev–Trinajstić information content (AvgIpc) is 2.41. The van der Waals surface area contributed by atoms with Crippen molar-refractivity contribution in [3.8, 4) is 23.4 Å². The summed E-state index contributed by atoms with van der Waals surface area (Å²) in [6, 6.07) is 10.7. The number of rotatable bonds is 3. The molecule has 2 rings (SSSR count). The predicted octanol–water partition coefficient (Wildman–Crippen LogP) is 3.52. The lowest BCUT2D eigenvalue weighted by atomic mass is 10.3. The molecule has 1 aromatic heterocycles. The van der Waals surface area contributed by atoms with E-state index in [4.69, 9.17) is 14.7 Å². The summed E-state index contributed by atoms with van der Waals surface area (Å²) in [5, 5.41) is 8.95. The van der Waals surface area contributed by atoms with Crippen LogP contribution >= 0.6 is 15.9 Å². The topological polar surface area (TPSA) is 55.1 Å². The molecule has 0 bridgehead atoms. The van der Waals surface area contributed by atoms with Crippen molar-refractivity contribution in [2.45, 2.75) is 0 Å². The minimum Gasteiger partial charge on any atom is -0.497 e. The summed E-state index contributed by atoms with van der Waals surface area (Å²) in [6.07, 6.45) is 1.58. The number of aromatic nitrogens is 1. The largest absolute Gasteiger partial charge is 0.497 e. The molecule has 0 N–H and O–H groups in total. The number of halogens is 1. The molecule has 0 radical (unpaired) electrons. The fourth-order valence-electron chi connectivity index (χ4n) is 1.35. The number of ether oxygens (including phenoxy) is 2. The SMILES string of the molecule is COc1ccc(Oc2ncccc2C#N)c(Br)c1. The van der Waals surface area contributed by atoms with Gasteiger partial charge in [0.2, 0.25) is 5.88 Å². The molecular weight excluding hydrogens is 296 g/mol. The molecule has 0 unspecified atom stereocenters. The summed E-state index contributed by atoms with van der Waals surface area (Å²) in [6.45, 7) is 0. The van der Waals surface area contributed by atoms with E-state index >= 15 is 0 Å². The standard InChI is InChI=1S/C13H9BrN2O2/c1-17-10-4-5-12(11(14)7-10)18-13-9(8-15)3-2-6-16-13/h2-7H,1H3. The molecule has 0 fully saturated rings. The molecule has 0 aliphatic heterocycles. The quantitative estimate of drug-likeness (QED) is 0.870. The van der Waals surface area contributed by atoms with E-state index in [1.807, 2.05) is 6.07 Å². The molecule has 1 aromatic carbocycles. The fourth-order valence-corrected chi connectivity index (χ4v) is 1.79. The van der Waals surface area contributed by atoms with E-state index in [0.29, 0.717) is 11.3 Å². The first kappa shape index (κ1) is 12.4. The summed E-state index contributed by atoms with van der Waals surface area (Å²) in [5.41, 5.74) is 0.389. The van der Waals surface area contributed by atoms with E-state index < -0.39 is 0 Å². The highest BCUT2D eigenvalue weighted by atomic mass is 79.9. The molecule has 1 heterocycles. The summed E-state index contributed by atoms with van der Waals surface area (Å²) < 4.78 is 11.4. The van der Waals surface area contributed by atoms with E-state index in [1.165, 1.54) is 0 Å². The molecule has 90 valence electrons. The van der Waals surface area contributed by atoms with Crippen LogP contribution in [0, 0.1) is 11.3 Å². The van der Waals surface area contributed by atoms with Crippen LogP contribution in [0.5, 0.6) is 17.4 Å². The van der Waals surface area contributed by atoms with Gasteiger partial charge in [0.25, 0.3) is 0 Å². The van der Waals surface area contributed by atoms with Gasteiger partial charge in [-0.2, -0.15) is 5.26 Å². The molecule has 0 amide bonds. The van der Waals surface area contributed by atoms with Gasteiger partial charge in [-0.1, -0.05) is 0 Å². The molecule has 0 saturated heterocycles. The van der Waals surface area contributed by atoms with Crippen molar-refractivity contribution in [3.63, 3.8) is 0 Å². The summed E-state index contributed by atoms with van der Waals surface area (Å²) in [5.74, 6) is 1.58. The molecule has 0 spiro atoms. The minimum absolute atomic E-state index is 0.283. The van der Waals surface area contributed by atoms with Gasteiger partial charge in [-0.15, -0.1) is 0 Å². The number of nitriles is 1. The Morgan fingerprint density at radius 3 is 2.83 bits per heavy atom. The Labute approximate surface area is 113 Å². The number of benzene rings is 1. The zero-order valence-electron chi connectivity index (χ0n) is 9.55. The minimum atomic E-state index is 0.283. The average molecular weight is 305 g/mol. The first-order valence-electron chi connectivity index (χ1n) is 5.11. The Kier molecular flexibility index (Phi) is 3.80. The van der Waals surface area contributed by atoms with Gasteiger partial charge >= 0.3 is 0 Å². The summed E-state index contributed by atoms with van der Waals surface area (Å²) in [4.78, 5) is 4.03. The second kappa shape index (κ2) is 5.52. The van der Waals surface area contributed by atoms with Crippen molar-refractivity contribution in [2.75, 3.05) is 7.11 Å². The number of pyridine rings is 1. The normalized spacial score (nSPS) is 9.61. The van der Waals surface area contributed by atoms with E-state index in [1.54, 1.807) is 43.6 Å². The zero-order chi connectivity index (χ0) is 13.0. The molecule has 0 atom stereocenters. The van der Waals surface area contributed by atoms with Crippen molar-refractivity contribution >= 4 is 15.9 Å². The highest BCUT2D eigenvalue weighted by Crippen LogP contribution is 2.32. The van der Waals surface area contributed by atoms with Gasteiger partial charge in [0.05, 0.1) is 11.6 Å². The molecule has 0 aliphatic rings. The van der Waals surface area contributed by atoms with Crippen LogP contribution in [-0.2, 0) is 0 Å². The van der Waals surface area contributed by atoms with Crippen LogP contribution in [0.15, 0.2) is 41.0 Å². The molecule has 4 nitrogen and oxygen atoms in total. The van der Waals surface area contributed by atoms with Gasteiger partial charge in [0, 0.05) is 6.20 Å². The van der Waals surface area contributed by atoms with Crippen LogP contribution < -0.4 is 9.47 Å². The third-order valence-electron chi connectivity index (χ3n) is 2.24. The van der Waals surface area contributed by atoms with E-state index in [9.17, 15) is 0 Å². The van der Waals surface area contributed by atoms with Gasteiger partial charge in [-0.25, -0.2) is 4.98 Å². The Balaban J connectivity index is 2.32. The smallest absolute Gasteiger partial charge is 0.237 e. The highest BCUT2D eigenvalue weighted by molar-refractivity contribution is 9.10. The lowest BCUT2D eigenvalue weighted by molar-refractivity contribution is 0.411. The maximum absolute atomic E-state index is 8.95.